The fourth-order valence-electron chi connectivity index (χ4n) is 1.91. The average Bonchev–Trinajstić information content (AvgIpc) is 2.39. The van der Waals surface area contributed by atoms with Crippen molar-refractivity contribution in [2.24, 2.45) is 0 Å². The smallest absolute Gasteiger partial charge is 0.337 e. The van der Waals surface area contributed by atoms with Crippen molar-refractivity contribution in [2.45, 2.75) is 6.10 Å². The Morgan fingerprint density at radius 3 is 3.00 bits per heavy atom. The van der Waals surface area contributed by atoms with E-state index in [2.05, 4.69) is 16.9 Å². The number of para-hydroxylation sites is 1. The van der Waals surface area contributed by atoms with Gasteiger partial charge in [0, 0.05) is 5.56 Å². The summed E-state index contributed by atoms with van der Waals surface area (Å²) in [7, 11) is 1.68. The molecule has 0 spiro atoms. The summed E-state index contributed by atoms with van der Waals surface area (Å²) in [5.41, 5.74) is 1.08. The quantitative estimate of drug-likeness (QED) is 0.682. The van der Waals surface area contributed by atoms with E-state index in [4.69, 9.17) is 21.3 Å². The number of rotatable bonds is 3. The molecular formula is C11H15NO2PS2+. The van der Waals surface area contributed by atoms with Gasteiger partial charge in [0.25, 0.3) is 0 Å². The first kappa shape index (κ1) is 13.2. The second-order valence-corrected chi connectivity index (χ2v) is 7.82. The van der Waals surface area contributed by atoms with E-state index in [1.54, 1.807) is 7.11 Å². The van der Waals surface area contributed by atoms with Gasteiger partial charge in [-0.25, -0.2) is 0 Å². The normalized spacial score (nSPS) is 22.2. The highest BCUT2D eigenvalue weighted by molar-refractivity contribution is 8.55. The first-order chi connectivity index (χ1) is 8.22. The van der Waals surface area contributed by atoms with Crippen molar-refractivity contribution >= 4 is 30.1 Å². The third kappa shape index (κ3) is 3.18. The van der Waals surface area contributed by atoms with Gasteiger partial charge >= 0.3 is 6.05 Å². The molecule has 0 bridgehead atoms. The lowest BCUT2D eigenvalue weighted by Gasteiger charge is -2.27. The maximum atomic E-state index is 5.80. The Balaban J connectivity index is 2.18. The van der Waals surface area contributed by atoms with Crippen LogP contribution in [0.15, 0.2) is 24.3 Å². The lowest BCUT2D eigenvalue weighted by molar-refractivity contribution is -0.00134. The van der Waals surface area contributed by atoms with E-state index in [1.165, 1.54) is 0 Å². The van der Waals surface area contributed by atoms with Crippen LogP contribution in [0, 0.1) is 0 Å². The van der Waals surface area contributed by atoms with Crippen LogP contribution in [0.1, 0.15) is 11.7 Å². The van der Waals surface area contributed by atoms with Crippen LogP contribution < -0.4 is 4.74 Å². The standard InChI is InChI=1S/C11H14NO2PS2/c1-13-10-5-3-2-4-9(10)11-8-12(15(16)17)6-7-14-11/h2-5,11H,6-8H2,1H3/p+1. The summed E-state index contributed by atoms with van der Waals surface area (Å²) < 4.78 is 13.3. The molecule has 17 heavy (non-hydrogen) atoms. The van der Waals surface area contributed by atoms with Gasteiger partial charge in [0.05, 0.1) is 39.1 Å². The largest absolute Gasteiger partial charge is 0.496 e. The number of morpholine rings is 1. The van der Waals surface area contributed by atoms with Crippen molar-refractivity contribution in [1.29, 1.82) is 0 Å². The fourth-order valence-corrected chi connectivity index (χ4v) is 3.38. The predicted molar refractivity (Wildman–Crippen MR) is 76.5 cm³/mol. The van der Waals surface area contributed by atoms with Crippen molar-refractivity contribution in [3.63, 3.8) is 0 Å². The van der Waals surface area contributed by atoms with Gasteiger partial charge in [-0.15, -0.1) is 4.67 Å². The summed E-state index contributed by atoms with van der Waals surface area (Å²) in [5.74, 6) is 0.868. The monoisotopic (exact) mass is 288 g/mol. The Kier molecular flexibility index (Phi) is 4.77. The first-order valence-corrected chi connectivity index (χ1v) is 8.84. The van der Waals surface area contributed by atoms with Gasteiger partial charge in [0.15, 0.2) is 11.8 Å². The van der Waals surface area contributed by atoms with Crippen LogP contribution in [0.4, 0.5) is 0 Å². The molecule has 1 aromatic rings. The van der Waals surface area contributed by atoms with Gasteiger partial charge < -0.3 is 9.47 Å². The molecule has 0 aromatic heterocycles. The molecule has 6 heteroatoms. The summed E-state index contributed by atoms with van der Waals surface area (Å²) >= 11 is 9.59. The Labute approximate surface area is 113 Å². The van der Waals surface area contributed by atoms with Crippen molar-refractivity contribution in [2.75, 3.05) is 26.8 Å². The highest BCUT2D eigenvalue weighted by Gasteiger charge is 2.30. The van der Waals surface area contributed by atoms with E-state index in [-0.39, 0.29) is 6.10 Å². The molecule has 92 valence electrons. The van der Waals surface area contributed by atoms with E-state index >= 15 is 0 Å². The van der Waals surface area contributed by atoms with Crippen LogP contribution in [0.5, 0.6) is 5.75 Å². The minimum absolute atomic E-state index is 0.0278. The lowest BCUT2D eigenvalue weighted by Crippen LogP contribution is -2.33. The molecule has 0 amide bonds. The summed E-state index contributed by atoms with van der Waals surface area (Å²) in [4.78, 5) is 0. The van der Waals surface area contributed by atoms with Crippen molar-refractivity contribution in [1.82, 2.24) is 4.67 Å². The number of hydrogen-bond donors (Lipinski definition) is 1. The van der Waals surface area contributed by atoms with E-state index in [9.17, 15) is 0 Å². The zero-order chi connectivity index (χ0) is 12.3. The van der Waals surface area contributed by atoms with Gasteiger partial charge in [0.2, 0.25) is 0 Å². The second-order valence-electron chi connectivity index (χ2n) is 3.77. The maximum Gasteiger partial charge on any atom is 0.337 e. The zero-order valence-corrected chi connectivity index (χ0v) is 12.2. The molecule has 0 N–H and O–H groups in total. The summed E-state index contributed by atoms with van der Waals surface area (Å²) in [6.07, 6.45) is 0.0278. The summed E-state index contributed by atoms with van der Waals surface area (Å²) in [6, 6.07) is 7.19. The molecule has 1 fully saturated rings. The van der Waals surface area contributed by atoms with Crippen molar-refractivity contribution in [3.05, 3.63) is 29.8 Å². The van der Waals surface area contributed by atoms with Gasteiger partial charge in [-0.05, 0) is 6.07 Å². The molecule has 1 aliphatic heterocycles. The molecule has 0 radical (unpaired) electrons. The third-order valence-corrected chi connectivity index (χ3v) is 5.07. The molecule has 2 unspecified atom stereocenters. The third-order valence-electron chi connectivity index (χ3n) is 2.77. The molecule has 0 saturated carbocycles. The highest BCUT2D eigenvalue weighted by atomic mass is 32.9. The second kappa shape index (κ2) is 6.12. The molecule has 0 aliphatic carbocycles. The number of benzene rings is 1. The minimum atomic E-state index is -0.759. The van der Waals surface area contributed by atoms with Gasteiger partial charge in [0.1, 0.15) is 11.9 Å². The Hall–Kier alpha value is -0.190. The molecule has 2 rings (SSSR count). The van der Waals surface area contributed by atoms with Crippen LogP contribution in [0.2, 0.25) is 0 Å². The molecule has 1 heterocycles. The van der Waals surface area contributed by atoms with Crippen molar-refractivity contribution < 1.29 is 9.47 Å². The molecule has 2 atom stereocenters. The number of nitrogens with zero attached hydrogens (tertiary/aromatic N) is 1. The van der Waals surface area contributed by atoms with E-state index in [1.807, 2.05) is 24.3 Å². The van der Waals surface area contributed by atoms with Crippen LogP contribution in [-0.2, 0) is 16.5 Å². The zero-order valence-electron chi connectivity index (χ0n) is 9.57. The van der Waals surface area contributed by atoms with Crippen LogP contribution in [0.25, 0.3) is 0 Å². The maximum absolute atomic E-state index is 5.80. The Morgan fingerprint density at radius 1 is 1.53 bits per heavy atom. The van der Waals surface area contributed by atoms with Crippen molar-refractivity contribution in [3.8, 4) is 5.75 Å². The summed E-state index contributed by atoms with van der Waals surface area (Å²) in [6.45, 7) is 2.35. The van der Waals surface area contributed by atoms with Gasteiger partial charge in [-0.2, -0.15) is 0 Å². The Bertz CT molecular complexity index is 416. The van der Waals surface area contributed by atoms with Crippen LogP contribution in [-0.4, -0.2) is 31.5 Å². The van der Waals surface area contributed by atoms with E-state index < -0.39 is 6.05 Å². The molecular weight excluding hydrogens is 273 g/mol. The topological polar surface area (TPSA) is 21.7 Å². The molecule has 1 aliphatic rings. The molecule has 1 saturated heterocycles. The SMILES string of the molecule is COc1ccccc1C1CN([P+](=S)S)CCO1. The van der Waals surface area contributed by atoms with Crippen LogP contribution in [0.3, 0.4) is 0 Å². The molecule has 3 nitrogen and oxygen atoms in total. The van der Waals surface area contributed by atoms with Gasteiger partial charge in [-0.1, -0.05) is 18.2 Å². The van der Waals surface area contributed by atoms with Gasteiger partial charge in [-0.3, -0.25) is 0 Å². The Morgan fingerprint density at radius 2 is 2.29 bits per heavy atom. The number of thiol groups is 1. The highest BCUT2D eigenvalue weighted by Crippen LogP contribution is 2.38. The predicted octanol–water partition coefficient (Wildman–Crippen LogP) is 2.77. The minimum Gasteiger partial charge on any atom is -0.496 e. The number of hydrogen-bond acceptors (Lipinski definition) is 3. The fraction of sp³-hybridized carbons (Fsp3) is 0.455. The average molecular weight is 288 g/mol. The lowest BCUT2D eigenvalue weighted by atomic mass is 10.1. The number of ether oxygens (including phenoxy) is 2. The van der Waals surface area contributed by atoms with Crippen LogP contribution >= 0.6 is 18.3 Å². The summed E-state index contributed by atoms with van der Waals surface area (Å²) in [5, 5.41) is 0. The molecule has 1 aromatic carbocycles. The van der Waals surface area contributed by atoms with E-state index in [0.717, 1.165) is 24.4 Å². The van der Waals surface area contributed by atoms with E-state index in [0.29, 0.717) is 6.61 Å². The first-order valence-electron chi connectivity index (χ1n) is 5.38. The number of methoxy groups -OCH3 is 1.